The van der Waals surface area contributed by atoms with E-state index in [2.05, 4.69) is 18.9 Å². The summed E-state index contributed by atoms with van der Waals surface area (Å²) < 4.78 is 0. The first-order valence-electron chi connectivity index (χ1n) is 6.87. The molecule has 0 heterocycles. The molecule has 0 aromatic heterocycles. The summed E-state index contributed by atoms with van der Waals surface area (Å²) in [7, 11) is 2.16. The Hall–Kier alpha value is -0.280. The Morgan fingerprint density at radius 3 is 2.74 bits per heavy atom. The van der Waals surface area contributed by atoms with Crippen LogP contribution in [0, 0.1) is 11.8 Å². The van der Waals surface area contributed by atoms with Gasteiger partial charge in [0, 0.05) is 12.6 Å². The zero-order valence-corrected chi connectivity index (χ0v) is 13.1. The fourth-order valence-electron chi connectivity index (χ4n) is 2.47. The van der Waals surface area contributed by atoms with Crippen molar-refractivity contribution in [3.63, 3.8) is 0 Å². The first kappa shape index (κ1) is 15.1. The van der Waals surface area contributed by atoms with E-state index >= 15 is 0 Å². The molecule has 0 aliphatic heterocycles. The Labute approximate surface area is 125 Å². The summed E-state index contributed by atoms with van der Waals surface area (Å²) in [5.41, 5.74) is 7.16. The van der Waals surface area contributed by atoms with Crippen molar-refractivity contribution in [1.82, 2.24) is 4.90 Å². The van der Waals surface area contributed by atoms with Crippen molar-refractivity contribution in [3.8, 4) is 0 Å². The summed E-state index contributed by atoms with van der Waals surface area (Å²) in [5, 5.41) is 1.17. The molecule has 1 saturated carbocycles. The maximum absolute atomic E-state index is 6.22. The summed E-state index contributed by atoms with van der Waals surface area (Å²) in [6, 6.07) is 5.60. The van der Waals surface area contributed by atoms with E-state index in [-0.39, 0.29) is 6.04 Å². The lowest BCUT2D eigenvalue weighted by molar-refractivity contribution is 0.301. The van der Waals surface area contributed by atoms with Crippen LogP contribution in [0.4, 0.5) is 0 Å². The zero-order chi connectivity index (χ0) is 14.0. The second kappa shape index (κ2) is 6.45. The molecule has 0 amide bonds. The lowest BCUT2D eigenvalue weighted by atomic mass is 10.0. The fraction of sp³-hybridized carbons (Fsp3) is 0.600. The van der Waals surface area contributed by atoms with Gasteiger partial charge in [-0.15, -0.1) is 0 Å². The molecule has 4 heteroatoms. The number of nitrogens with zero attached hydrogens (tertiary/aromatic N) is 1. The van der Waals surface area contributed by atoms with Crippen molar-refractivity contribution in [2.45, 2.75) is 25.8 Å². The van der Waals surface area contributed by atoms with Gasteiger partial charge in [-0.25, -0.2) is 0 Å². The summed E-state index contributed by atoms with van der Waals surface area (Å²) in [6.07, 6.45) is 2.27. The van der Waals surface area contributed by atoms with Gasteiger partial charge in [0.1, 0.15) is 0 Å². The largest absolute Gasteiger partial charge is 0.324 e. The standard InChI is InChI=1S/C15H22Cl2N2/c1-10-8-11(10)9-19(2)7-6-14(18)12-4-3-5-13(16)15(12)17/h3-5,10-11,14H,6-9,18H2,1-2H3. The van der Waals surface area contributed by atoms with E-state index in [0.29, 0.717) is 10.0 Å². The minimum atomic E-state index is -0.0507. The Balaban J connectivity index is 1.83. The molecule has 1 aliphatic carbocycles. The van der Waals surface area contributed by atoms with Gasteiger partial charge in [-0.2, -0.15) is 0 Å². The van der Waals surface area contributed by atoms with Gasteiger partial charge in [-0.3, -0.25) is 0 Å². The molecule has 19 heavy (non-hydrogen) atoms. The lowest BCUT2D eigenvalue weighted by Gasteiger charge is -2.20. The van der Waals surface area contributed by atoms with E-state index in [1.54, 1.807) is 6.07 Å². The number of hydrogen-bond acceptors (Lipinski definition) is 2. The molecule has 2 nitrogen and oxygen atoms in total. The highest BCUT2D eigenvalue weighted by atomic mass is 35.5. The third-order valence-electron chi connectivity index (χ3n) is 4.03. The number of hydrogen-bond donors (Lipinski definition) is 1. The van der Waals surface area contributed by atoms with E-state index in [9.17, 15) is 0 Å². The van der Waals surface area contributed by atoms with Crippen LogP contribution in [0.3, 0.4) is 0 Å². The van der Waals surface area contributed by atoms with E-state index in [0.717, 1.165) is 30.4 Å². The van der Waals surface area contributed by atoms with Gasteiger partial charge in [0.25, 0.3) is 0 Å². The molecular weight excluding hydrogens is 279 g/mol. The number of rotatable bonds is 6. The van der Waals surface area contributed by atoms with Crippen LogP contribution in [0.1, 0.15) is 31.4 Å². The van der Waals surface area contributed by atoms with Crippen LogP contribution < -0.4 is 5.73 Å². The predicted octanol–water partition coefficient (Wildman–Crippen LogP) is 3.97. The molecule has 2 N–H and O–H groups in total. The van der Waals surface area contributed by atoms with Crippen LogP contribution in [-0.4, -0.2) is 25.0 Å². The Bertz CT molecular complexity index is 436. The van der Waals surface area contributed by atoms with Crippen molar-refractivity contribution in [3.05, 3.63) is 33.8 Å². The smallest absolute Gasteiger partial charge is 0.0640 e. The first-order chi connectivity index (χ1) is 8.99. The van der Waals surface area contributed by atoms with Crippen molar-refractivity contribution < 1.29 is 0 Å². The van der Waals surface area contributed by atoms with Gasteiger partial charge in [-0.1, -0.05) is 42.3 Å². The SMILES string of the molecule is CC1CC1CN(C)CCC(N)c1cccc(Cl)c1Cl. The highest BCUT2D eigenvalue weighted by molar-refractivity contribution is 6.42. The summed E-state index contributed by atoms with van der Waals surface area (Å²) in [6.45, 7) is 4.49. The second-order valence-corrected chi connectivity index (χ2v) is 6.56. The van der Waals surface area contributed by atoms with E-state index in [4.69, 9.17) is 28.9 Å². The van der Waals surface area contributed by atoms with Crippen LogP contribution in [0.25, 0.3) is 0 Å². The fourth-order valence-corrected chi connectivity index (χ4v) is 2.91. The normalized spacial score (nSPS) is 23.7. The van der Waals surface area contributed by atoms with Crippen molar-refractivity contribution in [2.24, 2.45) is 17.6 Å². The quantitative estimate of drug-likeness (QED) is 0.861. The number of halogens is 2. The predicted molar refractivity (Wildman–Crippen MR) is 82.8 cm³/mol. The van der Waals surface area contributed by atoms with Gasteiger partial charge >= 0.3 is 0 Å². The number of benzene rings is 1. The molecule has 1 aromatic carbocycles. The molecule has 1 fully saturated rings. The summed E-state index contributed by atoms with van der Waals surface area (Å²) in [5.74, 6) is 1.79. The molecule has 106 valence electrons. The molecular formula is C15H22Cl2N2. The molecule has 1 aliphatic rings. The molecule has 3 atom stereocenters. The van der Waals surface area contributed by atoms with Crippen LogP contribution in [0.2, 0.25) is 10.0 Å². The summed E-state index contributed by atoms with van der Waals surface area (Å²) in [4.78, 5) is 2.37. The Kier molecular flexibility index (Phi) is 5.13. The second-order valence-electron chi connectivity index (χ2n) is 5.77. The average Bonchev–Trinajstić information content (AvgIpc) is 3.05. The van der Waals surface area contributed by atoms with E-state index in [1.807, 2.05) is 12.1 Å². The van der Waals surface area contributed by atoms with E-state index in [1.165, 1.54) is 13.0 Å². The van der Waals surface area contributed by atoms with Crippen molar-refractivity contribution >= 4 is 23.2 Å². The van der Waals surface area contributed by atoms with Crippen molar-refractivity contribution in [1.29, 1.82) is 0 Å². The van der Waals surface area contributed by atoms with Crippen molar-refractivity contribution in [2.75, 3.05) is 20.1 Å². The van der Waals surface area contributed by atoms with E-state index < -0.39 is 0 Å². The van der Waals surface area contributed by atoms with Gasteiger partial charge in [0.15, 0.2) is 0 Å². The van der Waals surface area contributed by atoms with Crippen LogP contribution >= 0.6 is 23.2 Å². The summed E-state index contributed by atoms with van der Waals surface area (Å²) >= 11 is 12.2. The van der Waals surface area contributed by atoms with Gasteiger partial charge in [-0.05, 0) is 49.9 Å². The number of nitrogens with two attached hydrogens (primary N) is 1. The highest BCUT2D eigenvalue weighted by Crippen LogP contribution is 2.38. The van der Waals surface area contributed by atoms with Gasteiger partial charge in [0.2, 0.25) is 0 Å². The van der Waals surface area contributed by atoms with Gasteiger partial charge < -0.3 is 10.6 Å². The first-order valence-corrected chi connectivity index (χ1v) is 7.62. The van der Waals surface area contributed by atoms with Crippen LogP contribution in [0.5, 0.6) is 0 Å². The molecule has 2 rings (SSSR count). The minimum absolute atomic E-state index is 0.0507. The minimum Gasteiger partial charge on any atom is -0.324 e. The molecule has 1 aromatic rings. The maximum atomic E-state index is 6.22. The third kappa shape index (κ3) is 4.09. The molecule has 0 spiro atoms. The van der Waals surface area contributed by atoms with Gasteiger partial charge in [0.05, 0.1) is 10.0 Å². The lowest BCUT2D eigenvalue weighted by Crippen LogP contribution is -2.26. The van der Waals surface area contributed by atoms with Crippen LogP contribution in [0.15, 0.2) is 18.2 Å². The molecule has 3 unspecified atom stereocenters. The van der Waals surface area contributed by atoms with Crippen LogP contribution in [-0.2, 0) is 0 Å². The maximum Gasteiger partial charge on any atom is 0.0640 e. The monoisotopic (exact) mass is 300 g/mol. The average molecular weight is 301 g/mol. The molecule has 0 radical (unpaired) electrons. The highest BCUT2D eigenvalue weighted by Gasteiger charge is 2.32. The Morgan fingerprint density at radius 1 is 1.42 bits per heavy atom. The zero-order valence-electron chi connectivity index (χ0n) is 11.6. The molecule has 0 bridgehead atoms. The topological polar surface area (TPSA) is 29.3 Å². The Morgan fingerprint density at radius 2 is 2.11 bits per heavy atom. The molecule has 0 saturated heterocycles. The third-order valence-corrected chi connectivity index (χ3v) is 4.86.